The summed E-state index contributed by atoms with van der Waals surface area (Å²) < 4.78 is 0. The summed E-state index contributed by atoms with van der Waals surface area (Å²) in [6, 6.07) is 6.07. The van der Waals surface area contributed by atoms with Crippen LogP contribution in [0.15, 0.2) is 23.3 Å². The van der Waals surface area contributed by atoms with Gasteiger partial charge in [0.05, 0.1) is 0 Å². The quantitative estimate of drug-likeness (QED) is 0.255. The molecule has 0 radical (unpaired) electrons. The predicted molar refractivity (Wildman–Crippen MR) is 70.7 cm³/mol. The molecular weight excluding hydrogens is 226 g/mol. The zero-order chi connectivity index (χ0) is 12.8. The molecule has 0 fully saturated rings. The third-order valence-electron chi connectivity index (χ3n) is 3.40. The van der Waals surface area contributed by atoms with Gasteiger partial charge < -0.3 is 0 Å². The molecule has 0 aromatic heterocycles. The van der Waals surface area contributed by atoms with Crippen molar-refractivity contribution in [2.75, 3.05) is 6.54 Å². The van der Waals surface area contributed by atoms with Gasteiger partial charge in [-0.2, -0.15) is 0 Å². The molecule has 1 aliphatic rings. The highest BCUT2D eigenvalue weighted by molar-refractivity contribution is 5.96. The second-order valence-corrected chi connectivity index (χ2v) is 4.67. The first-order valence-corrected chi connectivity index (χ1v) is 6.47. The van der Waals surface area contributed by atoms with Crippen molar-refractivity contribution in [1.82, 2.24) is 0 Å². The van der Waals surface area contributed by atoms with E-state index in [0.717, 1.165) is 18.4 Å². The molecule has 0 bridgehead atoms. The molecule has 0 amide bonds. The normalized spacial score (nSPS) is 13.6. The summed E-state index contributed by atoms with van der Waals surface area (Å²) >= 11 is 0. The molecule has 1 aromatic rings. The first-order valence-electron chi connectivity index (χ1n) is 6.47. The fourth-order valence-electron chi connectivity index (χ4n) is 2.41. The molecule has 2 rings (SSSR count). The molecule has 1 aromatic carbocycles. The van der Waals surface area contributed by atoms with Gasteiger partial charge in [-0.1, -0.05) is 17.2 Å². The number of aryl methyl sites for hydroxylation is 2. The van der Waals surface area contributed by atoms with E-state index >= 15 is 0 Å². The maximum Gasteiger partial charge on any atom is 0.162 e. The van der Waals surface area contributed by atoms with Gasteiger partial charge in [0.25, 0.3) is 0 Å². The van der Waals surface area contributed by atoms with Crippen molar-refractivity contribution in [2.45, 2.75) is 38.5 Å². The SMILES string of the molecule is [N-]=[N+]=NCCCC(=O)c1ccc2c(c1)CCCC2. The molecule has 0 saturated carbocycles. The summed E-state index contributed by atoms with van der Waals surface area (Å²) in [7, 11) is 0. The molecule has 0 heterocycles. The number of benzene rings is 1. The fourth-order valence-corrected chi connectivity index (χ4v) is 2.41. The second-order valence-electron chi connectivity index (χ2n) is 4.67. The number of rotatable bonds is 5. The van der Waals surface area contributed by atoms with Crippen LogP contribution in [0.2, 0.25) is 0 Å². The summed E-state index contributed by atoms with van der Waals surface area (Å²) in [5, 5.41) is 3.44. The number of hydrogen-bond donors (Lipinski definition) is 0. The van der Waals surface area contributed by atoms with Crippen LogP contribution >= 0.6 is 0 Å². The molecule has 18 heavy (non-hydrogen) atoms. The summed E-state index contributed by atoms with van der Waals surface area (Å²) in [4.78, 5) is 14.6. The maximum absolute atomic E-state index is 12.0. The monoisotopic (exact) mass is 243 g/mol. The Morgan fingerprint density at radius 1 is 1.28 bits per heavy atom. The van der Waals surface area contributed by atoms with Gasteiger partial charge in [-0.05, 0) is 54.8 Å². The Morgan fingerprint density at radius 3 is 2.83 bits per heavy atom. The van der Waals surface area contributed by atoms with E-state index in [4.69, 9.17) is 5.53 Å². The largest absolute Gasteiger partial charge is 0.294 e. The molecule has 0 unspecified atom stereocenters. The Bertz CT molecular complexity index is 490. The van der Waals surface area contributed by atoms with Crippen molar-refractivity contribution in [3.05, 3.63) is 45.3 Å². The number of fused-ring (bicyclic) bond motifs is 1. The third kappa shape index (κ3) is 3.11. The van der Waals surface area contributed by atoms with Crippen molar-refractivity contribution < 1.29 is 4.79 Å². The van der Waals surface area contributed by atoms with Crippen molar-refractivity contribution in [2.24, 2.45) is 5.11 Å². The first-order chi connectivity index (χ1) is 8.81. The van der Waals surface area contributed by atoms with Gasteiger partial charge in [0, 0.05) is 23.4 Å². The minimum Gasteiger partial charge on any atom is -0.294 e. The molecule has 0 N–H and O–H groups in total. The number of nitrogens with zero attached hydrogens (tertiary/aromatic N) is 3. The van der Waals surface area contributed by atoms with Gasteiger partial charge in [0.15, 0.2) is 5.78 Å². The number of hydrogen-bond acceptors (Lipinski definition) is 2. The lowest BCUT2D eigenvalue weighted by Crippen LogP contribution is -2.06. The van der Waals surface area contributed by atoms with Crippen molar-refractivity contribution >= 4 is 5.78 Å². The standard InChI is InChI=1S/C14H17N3O/c15-17-16-9-3-6-14(18)13-8-7-11-4-1-2-5-12(11)10-13/h7-8,10H,1-6,9H2. The zero-order valence-electron chi connectivity index (χ0n) is 10.4. The van der Waals surface area contributed by atoms with Crippen LogP contribution in [0.25, 0.3) is 10.4 Å². The minimum absolute atomic E-state index is 0.150. The van der Waals surface area contributed by atoms with Crippen molar-refractivity contribution in [3.63, 3.8) is 0 Å². The maximum atomic E-state index is 12.0. The predicted octanol–water partition coefficient (Wildman–Crippen LogP) is 3.84. The molecule has 0 spiro atoms. The second kappa shape index (κ2) is 6.22. The van der Waals surface area contributed by atoms with E-state index in [1.54, 1.807) is 0 Å². The molecule has 0 atom stereocenters. The van der Waals surface area contributed by atoms with E-state index in [-0.39, 0.29) is 5.78 Å². The fraction of sp³-hybridized carbons (Fsp3) is 0.500. The van der Waals surface area contributed by atoms with E-state index in [0.29, 0.717) is 19.4 Å². The van der Waals surface area contributed by atoms with E-state index < -0.39 is 0 Å². The van der Waals surface area contributed by atoms with Crippen molar-refractivity contribution in [1.29, 1.82) is 0 Å². The Labute approximate surface area is 107 Å². The Kier molecular flexibility index (Phi) is 4.37. The van der Waals surface area contributed by atoms with Crippen molar-refractivity contribution in [3.8, 4) is 0 Å². The Morgan fingerprint density at radius 2 is 2.06 bits per heavy atom. The van der Waals surface area contributed by atoms with Gasteiger partial charge in [-0.25, -0.2) is 0 Å². The molecule has 0 aliphatic heterocycles. The number of azide groups is 1. The number of carbonyl (C=O) groups excluding carboxylic acids is 1. The Balaban J connectivity index is 1.99. The van der Waals surface area contributed by atoms with E-state index in [1.807, 2.05) is 12.1 Å². The summed E-state index contributed by atoms with van der Waals surface area (Å²) in [6.45, 7) is 0.396. The van der Waals surface area contributed by atoms with E-state index in [2.05, 4.69) is 16.1 Å². The van der Waals surface area contributed by atoms with Crippen LogP contribution in [-0.4, -0.2) is 12.3 Å². The zero-order valence-corrected chi connectivity index (χ0v) is 10.4. The molecule has 4 nitrogen and oxygen atoms in total. The van der Waals surface area contributed by atoms with Gasteiger partial charge in [0.2, 0.25) is 0 Å². The Hall–Kier alpha value is -1.80. The van der Waals surface area contributed by atoms with E-state index in [1.165, 1.54) is 24.0 Å². The smallest absolute Gasteiger partial charge is 0.162 e. The van der Waals surface area contributed by atoms with Gasteiger partial charge in [0.1, 0.15) is 0 Å². The highest BCUT2D eigenvalue weighted by atomic mass is 16.1. The lowest BCUT2D eigenvalue weighted by Gasteiger charge is -2.16. The lowest BCUT2D eigenvalue weighted by atomic mass is 9.89. The number of ketones is 1. The first kappa shape index (κ1) is 12.7. The van der Waals surface area contributed by atoms with Crippen LogP contribution in [0.5, 0.6) is 0 Å². The molecular formula is C14H17N3O. The lowest BCUT2D eigenvalue weighted by molar-refractivity contribution is 0.0980. The summed E-state index contributed by atoms with van der Waals surface area (Å²) in [5.41, 5.74) is 11.7. The van der Waals surface area contributed by atoms with Crippen LogP contribution in [-0.2, 0) is 12.8 Å². The average molecular weight is 243 g/mol. The number of Topliss-reactive ketones (excluding diaryl/α,β-unsaturated/α-hetero) is 1. The third-order valence-corrected chi connectivity index (χ3v) is 3.40. The van der Waals surface area contributed by atoms with Crippen LogP contribution in [0.4, 0.5) is 0 Å². The van der Waals surface area contributed by atoms with Crippen LogP contribution in [0.1, 0.15) is 47.2 Å². The summed E-state index contributed by atoms with van der Waals surface area (Å²) in [5.74, 6) is 0.150. The molecule has 94 valence electrons. The average Bonchev–Trinajstić information content (AvgIpc) is 2.43. The van der Waals surface area contributed by atoms with E-state index in [9.17, 15) is 4.79 Å². The summed E-state index contributed by atoms with van der Waals surface area (Å²) in [6.07, 6.45) is 5.79. The topological polar surface area (TPSA) is 65.8 Å². The van der Waals surface area contributed by atoms with Gasteiger partial charge in [-0.15, -0.1) is 0 Å². The van der Waals surface area contributed by atoms with Gasteiger partial charge in [-0.3, -0.25) is 4.79 Å². The van der Waals surface area contributed by atoms with Crippen LogP contribution in [0.3, 0.4) is 0 Å². The molecule has 0 saturated heterocycles. The highest BCUT2D eigenvalue weighted by Gasteiger charge is 2.12. The number of carbonyl (C=O) groups is 1. The van der Waals surface area contributed by atoms with Gasteiger partial charge >= 0.3 is 0 Å². The minimum atomic E-state index is 0.150. The molecule has 4 heteroatoms. The molecule has 1 aliphatic carbocycles. The highest BCUT2D eigenvalue weighted by Crippen LogP contribution is 2.22. The van der Waals surface area contributed by atoms with Crippen LogP contribution < -0.4 is 0 Å². The van der Waals surface area contributed by atoms with Crippen LogP contribution in [0, 0.1) is 0 Å².